The fourth-order valence-electron chi connectivity index (χ4n) is 1.44. The molecule has 18 heavy (non-hydrogen) atoms. The number of aromatic nitrogens is 3. The third-order valence-corrected chi connectivity index (χ3v) is 3.15. The molecule has 3 heterocycles. The van der Waals surface area contributed by atoms with Gasteiger partial charge in [0.25, 0.3) is 0 Å². The second kappa shape index (κ2) is 4.40. The van der Waals surface area contributed by atoms with Gasteiger partial charge in [0.05, 0.1) is 11.2 Å². The number of nitrogens with two attached hydrogens (primary N) is 1. The van der Waals surface area contributed by atoms with Crippen molar-refractivity contribution in [2.24, 2.45) is 0 Å². The Hall–Kier alpha value is -1.92. The predicted octanol–water partition coefficient (Wildman–Crippen LogP) is 3.11. The molecule has 0 aromatic carbocycles. The number of fused-ring (bicyclic) bond motifs is 1. The zero-order chi connectivity index (χ0) is 12.5. The average Bonchev–Trinajstić information content (AvgIpc) is 2.68. The van der Waals surface area contributed by atoms with E-state index in [4.69, 9.17) is 22.1 Å². The molecular formula is C11H7ClN4OS. The molecule has 3 aromatic heterocycles. The summed E-state index contributed by atoms with van der Waals surface area (Å²) in [6, 6.07) is 5.20. The van der Waals surface area contributed by atoms with E-state index in [1.54, 1.807) is 18.3 Å². The normalized spacial score (nSPS) is 10.7. The van der Waals surface area contributed by atoms with E-state index < -0.39 is 0 Å². The lowest BCUT2D eigenvalue weighted by Crippen LogP contribution is -1.88. The number of nitrogen functional groups attached to an aromatic ring is 1. The molecule has 0 unspecified atom stereocenters. The quantitative estimate of drug-likeness (QED) is 0.779. The van der Waals surface area contributed by atoms with Crippen LogP contribution in [0.25, 0.3) is 10.3 Å². The second-order valence-corrected chi connectivity index (χ2v) is 4.91. The monoisotopic (exact) mass is 278 g/mol. The highest BCUT2D eigenvalue weighted by molar-refractivity contribution is 7.21. The number of rotatable bonds is 2. The van der Waals surface area contributed by atoms with Crippen molar-refractivity contribution < 1.29 is 4.74 Å². The molecular weight excluding hydrogens is 272 g/mol. The Morgan fingerprint density at radius 3 is 2.94 bits per heavy atom. The Balaban J connectivity index is 1.94. The van der Waals surface area contributed by atoms with Crippen LogP contribution in [0, 0.1) is 0 Å². The van der Waals surface area contributed by atoms with Gasteiger partial charge in [-0.1, -0.05) is 22.9 Å². The van der Waals surface area contributed by atoms with Crippen LogP contribution in [0.1, 0.15) is 0 Å². The van der Waals surface area contributed by atoms with E-state index >= 15 is 0 Å². The molecule has 3 aromatic rings. The van der Waals surface area contributed by atoms with Crippen molar-refractivity contribution in [2.45, 2.75) is 0 Å². The number of anilines is 1. The summed E-state index contributed by atoms with van der Waals surface area (Å²) in [5.41, 5.74) is 6.37. The Morgan fingerprint density at radius 2 is 2.11 bits per heavy atom. The zero-order valence-electron chi connectivity index (χ0n) is 9.00. The van der Waals surface area contributed by atoms with Crippen LogP contribution >= 0.6 is 22.9 Å². The first kappa shape index (κ1) is 11.2. The van der Waals surface area contributed by atoms with Crippen LogP contribution in [-0.4, -0.2) is 15.0 Å². The molecule has 0 saturated heterocycles. The number of halogens is 1. The number of hydrogen-bond acceptors (Lipinski definition) is 6. The van der Waals surface area contributed by atoms with Crippen molar-refractivity contribution in [1.29, 1.82) is 0 Å². The van der Waals surface area contributed by atoms with Crippen molar-refractivity contribution in [3.63, 3.8) is 0 Å². The minimum atomic E-state index is 0.454. The van der Waals surface area contributed by atoms with Crippen LogP contribution in [0.4, 0.5) is 5.13 Å². The summed E-state index contributed by atoms with van der Waals surface area (Å²) in [6.07, 6.45) is 3.10. The van der Waals surface area contributed by atoms with Crippen LogP contribution in [0.2, 0.25) is 5.02 Å². The van der Waals surface area contributed by atoms with E-state index in [9.17, 15) is 0 Å². The van der Waals surface area contributed by atoms with Crippen LogP contribution in [0.5, 0.6) is 11.6 Å². The summed E-state index contributed by atoms with van der Waals surface area (Å²) in [6.45, 7) is 0. The molecule has 0 spiro atoms. The van der Waals surface area contributed by atoms with Gasteiger partial charge in [0.1, 0.15) is 16.1 Å². The van der Waals surface area contributed by atoms with E-state index in [0.717, 1.165) is 10.3 Å². The van der Waals surface area contributed by atoms with Gasteiger partial charge in [-0.25, -0.2) is 9.97 Å². The lowest BCUT2D eigenvalue weighted by molar-refractivity contribution is 0.463. The molecule has 0 aliphatic rings. The standard InChI is InChI=1S/C11H7ClN4OS/c12-6-3-7(5-14-4-6)17-9-2-1-8-10(16-9)18-11(13)15-8/h1-5H,(H2,13,15). The molecule has 0 fully saturated rings. The number of pyridine rings is 2. The lowest BCUT2D eigenvalue weighted by atomic mass is 10.4. The van der Waals surface area contributed by atoms with Crippen LogP contribution in [-0.2, 0) is 0 Å². The Morgan fingerprint density at radius 1 is 1.22 bits per heavy atom. The fraction of sp³-hybridized carbons (Fsp3) is 0. The summed E-state index contributed by atoms with van der Waals surface area (Å²) < 4.78 is 5.56. The summed E-state index contributed by atoms with van der Waals surface area (Å²) in [5, 5.41) is 0.995. The van der Waals surface area contributed by atoms with Gasteiger partial charge < -0.3 is 10.5 Å². The molecule has 0 amide bonds. The minimum Gasteiger partial charge on any atom is -0.437 e. The second-order valence-electron chi connectivity index (χ2n) is 3.47. The van der Waals surface area contributed by atoms with Crippen molar-refractivity contribution in [1.82, 2.24) is 15.0 Å². The summed E-state index contributed by atoms with van der Waals surface area (Å²) in [4.78, 5) is 13.1. The molecule has 0 radical (unpaired) electrons. The smallest absolute Gasteiger partial charge is 0.220 e. The van der Waals surface area contributed by atoms with Crippen LogP contribution < -0.4 is 10.5 Å². The van der Waals surface area contributed by atoms with Gasteiger partial charge >= 0.3 is 0 Å². The molecule has 0 aliphatic heterocycles. The van der Waals surface area contributed by atoms with Crippen molar-refractivity contribution in [3.05, 3.63) is 35.6 Å². The fourth-order valence-corrected chi connectivity index (χ4v) is 2.30. The first-order chi connectivity index (χ1) is 8.70. The summed E-state index contributed by atoms with van der Waals surface area (Å²) >= 11 is 7.14. The van der Waals surface area contributed by atoms with Crippen molar-refractivity contribution in [3.8, 4) is 11.6 Å². The molecule has 7 heteroatoms. The molecule has 0 bridgehead atoms. The van der Waals surface area contributed by atoms with Gasteiger partial charge in [-0.3, -0.25) is 4.98 Å². The van der Waals surface area contributed by atoms with E-state index in [2.05, 4.69) is 15.0 Å². The highest BCUT2D eigenvalue weighted by Gasteiger charge is 2.05. The number of thiazole rings is 1. The molecule has 0 aliphatic carbocycles. The Labute approximate surface area is 111 Å². The van der Waals surface area contributed by atoms with Gasteiger partial charge in [0.15, 0.2) is 5.13 Å². The van der Waals surface area contributed by atoms with Crippen molar-refractivity contribution in [2.75, 3.05) is 5.73 Å². The first-order valence-electron chi connectivity index (χ1n) is 5.02. The highest BCUT2D eigenvalue weighted by Crippen LogP contribution is 2.27. The Bertz CT molecular complexity index is 715. The zero-order valence-corrected chi connectivity index (χ0v) is 10.6. The summed E-state index contributed by atoms with van der Waals surface area (Å²) in [7, 11) is 0. The van der Waals surface area contributed by atoms with E-state index in [1.807, 2.05) is 6.07 Å². The Kier molecular flexibility index (Phi) is 2.73. The molecule has 0 saturated carbocycles. The SMILES string of the molecule is Nc1nc2ccc(Oc3cncc(Cl)c3)nc2s1. The largest absolute Gasteiger partial charge is 0.437 e. The van der Waals surface area contributed by atoms with Gasteiger partial charge in [-0.15, -0.1) is 0 Å². The molecule has 90 valence electrons. The van der Waals surface area contributed by atoms with E-state index in [0.29, 0.717) is 21.8 Å². The summed E-state index contributed by atoms with van der Waals surface area (Å²) in [5.74, 6) is 0.988. The average molecular weight is 279 g/mol. The molecule has 5 nitrogen and oxygen atoms in total. The molecule has 3 rings (SSSR count). The lowest BCUT2D eigenvalue weighted by Gasteiger charge is -2.03. The van der Waals surface area contributed by atoms with E-state index in [1.165, 1.54) is 17.5 Å². The number of nitrogens with zero attached hydrogens (tertiary/aromatic N) is 3. The first-order valence-corrected chi connectivity index (χ1v) is 6.21. The maximum atomic E-state index is 5.82. The highest BCUT2D eigenvalue weighted by atomic mass is 35.5. The van der Waals surface area contributed by atoms with Crippen LogP contribution in [0.15, 0.2) is 30.6 Å². The predicted molar refractivity (Wildman–Crippen MR) is 71.1 cm³/mol. The van der Waals surface area contributed by atoms with Gasteiger partial charge in [-0.05, 0) is 6.07 Å². The minimum absolute atomic E-state index is 0.454. The third-order valence-electron chi connectivity index (χ3n) is 2.15. The molecule has 2 N–H and O–H groups in total. The maximum Gasteiger partial charge on any atom is 0.220 e. The molecule has 0 atom stereocenters. The van der Waals surface area contributed by atoms with Gasteiger partial charge in [0.2, 0.25) is 5.88 Å². The number of ether oxygens (including phenoxy) is 1. The van der Waals surface area contributed by atoms with E-state index in [-0.39, 0.29) is 0 Å². The maximum absolute atomic E-state index is 5.82. The van der Waals surface area contributed by atoms with Crippen LogP contribution in [0.3, 0.4) is 0 Å². The van der Waals surface area contributed by atoms with Gasteiger partial charge in [0, 0.05) is 18.3 Å². The third kappa shape index (κ3) is 2.20. The topological polar surface area (TPSA) is 73.9 Å². The van der Waals surface area contributed by atoms with Crippen molar-refractivity contribution >= 4 is 38.4 Å². The number of hydrogen-bond donors (Lipinski definition) is 1. The van der Waals surface area contributed by atoms with Gasteiger partial charge in [-0.2, -0.15) is 0 Å².